The standard InChI is InChI=1S/C17H27NO/c1-7-13(6)17(19)18-16-14(11(2)3)9-8-10-15(16)12(4)5/h8-13H,7H2,1-6H3,(H,18,19)/t13-/m1/s1. The van der Waals surface area contributed by atoms with Crippen LogP contribution in [0.5, 0.6) is 0 Å². The molecule has 0 spiro atoms. The Kier molecular flexibility index (Phi) is 5.59. The number of benzene rings is 1. The van der Waals surface area contributed by atoms with Crippen LogP contribution in [0.4, 0.5) is 5.69 Å². The van der Waals surface area contributed by atoms with E-state index in [9.17, 15) is 4.79 Å². The minimum atomic E-state index is 0.0558. The van der Waals surface area contributed by atoms with Crippen molar-refractivity contribution in [3.63, 3.8) is 0 Å². The Morgan fingerprint density at radius 1 is 1.05 bits per heavy atom. The molecule has 0 unspecified atom stereocenters. The molecule has 1 aromatic carbocycles. The van der Waals surface area contributed by atoms with Crippen LogP contribution in [0.25, 0.3) is 0 Å². The predicted octanol–water partition coefficient (Wildman–Crippen LogP) is 4.92. The predicted molar refractivity (Wildman–Crippen MR) is 82.7 cm³/mol. The van der Waals surface area contributed by atoms with Crippen LogP contribution in [0.2, 0.25) is 0 Å². The summed E-state index contributed by atoms with van der Waals surface area (Å²) in [4.78, 5) is 12.2. The number of hydrogen-bond acceptors (Lipinski definition) is 1. The summed E-state index contributed by atoms with van der Waals surface area (Å²) >= 11 is 0. The number of rotatable bonds is 5. The van der Waals surface area contributed by atoms with Gasteiger partial charge in [-0.1, -0.05) is 59.7 Å². The molecule has 0 aliphatic rings. The number of para-hydroxylation sites is 1. The van der Waals surface area contributed by atoms with E-state index in [-0.39, 0.29) is 11.8 Å². The Bertz CT molecular complexity index is 409. The first-order valence-corrected chi connectivity index (χ1v) is 7.32. The third kappa shape index (κ3) is 3.82. The SMILES string of the molecule is CC[C@@H](C)C(=O)Nc1c(C(C)C)cccc1C(C)C. The summed E-state index contributed by atoms with van der Waals surface area (Å²) in [6.07, 6.45) is 0.868. The fourth-order valence-electron chi connectivity index (χ4n) is 2.13. The molecule has 0 radical (unpaired) electrons. The third-order valence-electron chi connectivity index (χ3n) is 3.68. The second kappa shape index (κ2) is 6.74. The van der Waals surface area contributed by atoms with Crippen molar-refractivity contribution in [3.8, 4) is 0 Å². The lowest BCUT2D eigenvalue weighted by Crippen LogP contribution is -2.22. The lowest BCUT2D eigenvalue weighted by Gasteiger charge is -2.21. The van der Waals surface area contributed by atoms with Gasteiger partial charge in [-0.15, -0.1) is 0 Å². The highest BCUT2D eigenvalue weighted by Gasteiger charge is 2.18. The van der Waals surface area contributed by atoms with Gasteiger partial charge >= 0.3 is 0 Å². The monoisotopic (exact) mass is 261 g/mol. The quantitative estimate of drug-likeness (QED) is 0.801. The zero-order valence-corrected chi connectivity index (χ0v) is 13.1. The summed E-state index contributed by atoms with van der Waals surface area (Å²) < 4.78 is 0. The van der Waals surface area contributed by atoms with Crippen LogP contribution >= 0.6 is 0 Å². The van der Waals surface area contributed by atoms with E-state index in [1.54, 1.807) is 0 Å². The maximum atomic E-state index is 12.2. The van der Waals surface area contributed by atoms with Gasteiger partial charge in [-0.2, -0.15) is 0 Å². The van der Waals surface area contributed by atoms with Crippen molar-refractivity contribution in [2.24, 2.45) is 5.92 Å². The fraction of sp³-hybridized carbons (Fsp3) is 0.588. The summed E-state index contributed by atoms with van der Waals surface area (Å²) in [7, 11) is 0. The van der Waals surface area contributed by atoms with Gasteiger partial charge in [-0.05, 0) is 29.4 Å². The average molecular weight is 261 g/mol. The van der Waals surface area contributed by atoms with E-state index >= 15 is 0 Å². The summed E-state index contributed by atoms with van der Waals surface area (Å²) in [5.74, 6) is 0.995. The Morgan fingerprint density at radius 3 is 1.89 bits per heavy atom. The van der Waals surface area contributed by atoms with Crippen LogP contribution in [0.1, 0.15) is 70.9 Å². The van der Waals surface area contributed by atoms with E-state index in [0.29, 0.717) is 11.8 Å². The van der Waals surface area contributed by atoms with Gasteiger partial charge in [0.1, 0.15) is 0 Å². The first kappa shape index (κ1) is 15.7. The largest absolute Gasteiger partial charge is 0.325 e. The Labute approximate surface area is 117 Å². The molecular weight excluding hydrogens is 234 g/mol. The van der Waals surface area contributed by atoms with Crippen molar-refractivity contribution < 1.29 is 4.79 Å². The molecule has 0 saturated carbocycles. The van der Waals surface area contributed by atoms with Crippen LogP contribution in [0.3, 0.4) is 0 Å². The second-order valence-electron chi connectivity index (χ2n) is 5.92. The zero-order chi connectivity index (χ0) is 14.6. The number of carbonyl (C=O) groups excluding carboxylic acids is 1. The molecule has 19 heavy (non-hydrogen) atoms. The van der Waals surface area contributed by atoms with Gasteiger partial charge in [0.25, 0.3) is 0 Å². The highest BCUT2D eigenvalue weighted by atomic mass is 16.1. The van der Waals surface area contributed by atoms with Crippen molar-refractivity contribution in [2.75, 3.05) is 5.32 Å². The van der Waals surface area contributed by atoms with Gasteiger partial charge in [0.15, 0.2) is 0 Å². The molecule has 106 valence electrons. The Balaban J connectivity index is 3.18. The lowest BCUT2D eigenvalue weighted by atomic mass is 9.92. The molecule has 0 heterocycles. The first-order chi connectivity index (χ1) is 8.88. The number of amides is 1. The van der Waals surface area contributed by atoms with E-state index in [4.69, 9.17) is 0 Å². The minimum absolute atomic E-state index is 0.0558. The van der Waals surface area contributed by atoms with Crippen molar-refractivity contribution in [1.29, 1.82) is 0 Å². The molecule has 0 aromatic heterocycles. The topological polar surface area (TPSA) is 29.1 Å². The number of nitrogens with one attached hydrogen (secondary N) is 1. The molecular formula is C17H27NO. The van der Waals surface area contributed by atoms with Gasteiger partial charge in [-0.3, -0.25) is 4.79 Å². The molecule has 1 amide bonds. The summed E-state index contributed by atoms with van der Waals surface area (Å²) in [5, 5.41) is 3.15. The maximum Gasteiger partial charge on any atom is 0.227 e. The average Bonchev–Trinajstić information content (AvgIpc) is 2.37. The van der Waals surface area contributed by atoms with E-state index in [1.807, 2.05) is 13.8 Å². The highest BCUT2D eigenvalue weighted by Crippen LogP contribution is 2.32. The fourth-order valence-corrected chi connectivity index (χ4v) is 2.13. The zero-order valence-electron chi connectivity index (χ0n) is 13.1. The van der Waals surface area contributed by atoms with Crippen molar-refractivity contribution >= 4 is 11.6 Å². The number of hydrogen-bond donors (Lipinski definition) is 1. The van der Waals surface area contributed by atoms with E-state index in [2.05, 4.69) is 51.2 Å². The molecule has 2 nitrogen and oxygen atoms in total. The maximum absolute atomic E-state index is 12.2. The lowest BCUT2D eigenvalue weighted by molar-refractivity contribution is -0.119. The van der Waals surface area contributed by atoms with Crippen LogP contribution in [-0.4, -0.2) is 5.91 Å². The van der Waals surface area contributed by atoms with Crippen LogP contribution < -0.4 is 5.32 Å². The van der Waals surface area contributed by atoms with E-state index < -0.39 is 0 Å². The van der Waals surface area contributed by atoms with Gasteiger partial charge in [0, 0.05) is 11.6 Å². The van der Waals surface area contributed by atoms with Crippen molar-refractivity contribution in [2.45, 2.75) is 59.8 Å². The van der Waals surface area contributed by atoms with E-state index in [1.165, 1.54) is 11.1 Å². The summed E-state index contributed by atoms with van der Waals surface area (Å²) in [6, 6.07) is 6.31. The number of carbonyl (C=O) groups is 1. The minimum Gasteiger partial charge on any atom is -0.325 e. The van der Waals surface area contributed by atoms with E-state index in [0.717, 1.165) is 12.1 Å². The molecule has 1 N–H and O–H groups in total. The normalized spacial score (nSPS) is 12.8. The van der Waals surface area contributed by atoms with Crippen LogP contribution in [-0.2, 0) is 4.79 Å². The van der Waals surface area contributed by atoms with Gasteiger partial charge in [-0.25, -0.2) is 0 Å². The smallest absolute Gasteiger partial charge is 0.227 e. The molecule has 1 rings (SSSR count). The molecule has 0 aliphatic heterocycles. The summed E-state index contributed by atoms with van der Waals surface area (Å²) in [5.41, 5.74) is 3.48. The second-order valence-corrected chi connectivity index (χ2v) is 5.92. The molecule has 0 aliphatic carbocycles. The number of anilines is 1. The van der Waals surface area contributed by atoms with Gasteiger partial charge in [0.2, 0.25) is 5.91 Å². The van der Waals surface area contributed by atoms with Crippen molar-refractivity contribution in [1.82, 2.24) is 0 Å². The Morgan fingerprint density at radius 2 is 1.53 bits per heavy atom. The molecule has 0 saturated heterocycles. The molecule has 2 heteroatoms. The molecule has 1 aromatic rings. The molecule has 1 atom stereocenters. The van der Waals surface area contributed by atoms with Crippen LogP contribution in [0.15, 0.2) is 18.2 Å². The third-order valence-corrected chi connectivity index (χ3v) is 3.68. The molecule has 0 bridgehead atoms. The van der Waals surface area contributed by atoms with Crippen molar-refractivity contribution in [3.05, 3.63) is 29.3 Å². The van der Waals surface area contributed by atoms with Gasteiger partial charge < -0.3 is 5.32 Å². The van der Waals surface area contributed by atoms with Crippen LogP contribution in [0, 0.1) is 5.92 Å². The first-order valence-electron chi connectivity index (χ1n) is 7.32. The molecule has 0 fully saturated rings. The Hall–Kier alpha value is -1.31. The highest BCUT2D eigenvalue weighted by molar-refractivity contribution is 5.94. The summed E-state index contributed by atoms with van der Waals surface area (Å²) in [6.45, 7) is 12.7. The van der Waals surface area contributed by atoms with Gasteiger partial charge in [0.05, 0.1) is 0 Å².